The van der Waals surface area contributed by atoms with E-state index >= 15 is 0 Å². The molecule has 0 spiro atoms. The lowest BCUT2D eigenvalue weighted by atomic mass is 10.1. The average Bonchev–Trinajstić information content (AvgIpc) is 3.29. The largest absolute Gasteiger partial charge is 0.431 e. The molecule has 0 saturated carbocycles. The van der Waals surface area contributed by atoms with Gasteiger partial charge >= 0.3 is 6.18 Å². The Bertz CT molecular complexity index is 1440. The van der Waals surface area contributed by atoms with E-state index < -0.39 is 23.3 Å². The molecule has 0 atom stereocenters. The summed E-state index contributed by atoms with van der Waals surface area (Å²) in [7, 11) is 2.08. The van der Waals surface area contributed by atoms with Gasteiger partial charge < -0.3 is 19.7 Å². The van der Waals surface area contributed by atoms with Gasteiger partial charge in [-0.3, -0.25) is 9.59 Å². The number of amides is 1. The number of alkyl halides is 3. The minimum atomic E-state index is -4.82. The number of aromatic amines is 1. The number of aromatic nitrogens is 1. The predicted molar refractivity (Wildman–Crippen MR) is 142 cm³/mol. The summed E-state index contributed by atoms with van der Waals surface area (Å²) >= 11 is 13.2. The minimum Gasteiger partial charge on any atom is -0.369 e. The number of rotatable bonds is 4. The third-order valence-corrected chi connectivity index (χ3v) is 8.76. The van der Waals surface area contributed by atoms with E-state index in [1.165, 1.54) is 17.0 Å². The second-order valence-electron chi connectivity index (χ2n) is 9.31. The Morgan fingerprint density at radius 3 is 2.29 bits per heavy atom. The first-order valence-electron chi connectivity index (χ1n) is 11.8. The summed E-state index contributed by atoms with van der Waals surface area (Å²) in [6.45, 7) is 4.18. The van der Waals surface area contributed by atoms with Crippen molar-refractivity contribution in [3.8, 4) is 0 Å². The Hall–Kier alpha value is -2.66. The van der Waals surface area contributed by atoms with Crippen molar-refractivity contribution in [2.45, 2.75) is 29.1 Å². The molecule has 1 amide bonds. The van der Waals surface area contributed by atoms with Gasteiger partial charge in [-0.2, -0.15) is 13.2 Å². The van der Waals surface area contributed by atoms with Crippen LogP contribution in [0, 0.1) is 0 Å². The number of anilines is 1. The lowest BCUT2D eigenvalue weighted by Gasteiger charge is -2.34. The van der Waals surface area contributed by atoms with E-state index in [-0.39, 0.29) is 38.5 Å². The smallest absolute Gasteiger partial charge is 0.369 e. The van der Waals surface area contributed by atoms with Gasteiger partial charge in [0.1, 0.15) is 11.3 Å². The van der Waals surface area contributed by atoms with Gasteiger partial charge in [0.15, 0.2) is 0 Å². The molecule has 1 saturated heterocycles. The fourth-order valence-electron chi connectivity index (χ4n) is 4.61. The number of hydrogen-bond donors (Lipinski definition) is 1. The summed E-state index contributed by atoms with van der Waals surface area (Å²) in [5, 5.41) is 0.388. The van der Waals surface area contributed by atoms with Gasteiger partial charge in [0, 0.05) is 54.7 Å². The van der Waals surface area contributed by atoms with Crippen molar-refractivity contribution in [3.05, 3.63) is 85.2 Å². The van der Waals surface area contributed by atoms with Crippen molar-refractivity contribution < 1.29 is 18.0 Å². The first-order chi connectivity index (χ1) is 18.0. The third kappa shape index (κ3) is 5.40. The summed E-state index contributed by atoms with van der Waals surface area (Å²) in [6.07, 6.45) is -4.82. The number of halogens is 5. The van der Waals surface area contributed by atoms with Crippen molar-refractivity contribution >= 4 is 46.6 Å². The van der Waals surface area contributed by atoms with Crippen LogP contribution in [0.3, 0.4) is 0 Å². The van der Waals surface area contributed by atoms with Gasteiger partial charge in [-0.05, 0) is 48.5 Å². The zero-order valence-corrected chi connectivity index (χ0v) is 22.6. The maximum Gasteiger partial charge on any atom is 0.431 e. The van der Waals surface area contributed by atoms with Crippen LogP contribution in [0.4, 0.5) is 18.9 Å². The molecule has 38 heavy (non-hydrogen) atoms. The summed E-state index contributed by atoms with van der Waals surface area (Å²) in [5.74, 6) is -0.664. The summed E-state index contributed by atoms with van der Waals surface area (Å²) in [4.78, 5) is 34.5. The van der Waals surface area contributed by atoms with Crippen molar-refractivity contribution in [3.63, 3.8) is 0 Å². The first kappa shape index (κ1) is 26.9. The van der Waals surface area contributed by atoms with Gasteiger partial charge in [-0.25, -0.2) is 0 Å². The molecule has 12 heteroatoms. The van der Waals surface area contributed by atoms with Crippen molar-refractivity contribution in [1.29, 1.82) is 0 Å². The molecule has 6 nitrogen and oxygen atoms in total. The predicted octanol–water partition coefficient (Wildman–Crippen LogP) is 5.76. The molecular weight excluding hydrogens is 560 g/mol. The van der Waals surface area contributed by atoms with Crippen LogP contribution in [0.5, 0.6) is 0 Å². The Kier molecular flexibility index (Phi) is 7.43. The maximum atomic E-state index is 13.6. The van der Waals surface area contributed by atoms with E-state index in [2.05, 4.69) is 16.8 Å². The Labute approximate surface area is 231 Å². The number of likely N-dealkylation sites (N-methyl/N-ethyl adjacent to an activating group) is 1. The van der Waals surface area contributed by atoms with Crippen LogP contribution in [0.1, 0.15) is 27.2 Å². The average molecular weight is 583 g/mol. The topological polar surface area (TPSA) is 59.6 Å². The minimum absolute atomic E-state index is 0.171. The second kappa shape index (κ2) is 10.5. The van der Waals surface area contributed by atoms with E-state index in [4.69, 9.17) is 23.2 Å². The fraction of sp³-hybridized carbons (Fsp3) is 0.308. The number of benzene rings is 2. The molecule has 2 aromatic carbocycles. The van der Waals surface area contributed by atoms with Crippen LogP contribution >= 0.6 is 35.0 Å². The van der Waals surface area contributed by atoms with Gasteiger partial charge in [-0.1, -0.05) is 47.1 Å². The number of piperazine rings is 1. The standard InChI is InChI=1S/C26H23Cl2F3N4O2S/c1-33-7-9-34(10-8-33)17-6-5-15-13-35(14-16(15)11-17)25(37)22-20(12-21(26(29,30)31)32-24(22)36)38-23-18(27)3-2-4-19(23)28/h2-6,11-12H,7-10,13-14H2,1H3,(H,32,36). The van der Waals surface area contributed by atoms with Crippen LogP contribution in [-0.4, -0.2) is 53.9 Å². The highest BCUT2D eigenvalue weighted by Crippen LogP contribution is 2.41. The second-order valence-corrected chi connectivity index (χ2v) is 11.2. The van der Waals surface area contributed by atoms with E-state index in [1.54, 1.807) is 6.07 Å². The molecule has 2 aliphatic rings. The van der Waals surface area contributed by atoms with Crippen LogP contribution in [-0.2, 0) is 19.3 Å². The maximum absolute atomic E-state index is 13.6. The molecule has 1 aromatic heterocycles. The lowest BCUT2D eigenvalue weighted by Crippen LogP contribution is -2.44. The number of nitrogens with one attached hydrogen (secondary N) is 1. The van der Waals surface area contributed by atoms with Crippen LogP contribution < -0.4 is 10.5 Å². The lowest BCUT2D eigenvalue weighted by molar-refractivity contribution is -0.141. The van der Waals surface area contributed by atoms with Crippen molar-refractivity contribution in [1.82, 2.24) is 14.8 Å². The third-order valence-electron chi connectivity index (χ3n) is 6.72. The van der Waals surface area contributed by atoms with Gasteiger partial charge in [0.2, 0.25) is 0 Å². The number of carbonyl (C=O) groups is 1. The van der Waals surface area contributed by atoms with Crippen LogP contribution in [0.2, 0.25) is 10.0 Å². The summed E-state index contributed by atoms with van der Waals surface area (Å²) in [6, 6.07) is 11.4. The number of pyridine rings is 1. The number of carbonyl (C=O) groups excluding carboxylic acids is 1. The van der Waals surface area contributed by atoms with Crippen molar-refractivity contribution in [2.24, 2.45) is 0 Å². The monoisotopic (exact) mass is 582 g/mol. The van der Waals surface area contributed by atoms with Crippen LogP contribution in [0.25, 0.3) is 0 Å². The van der Waals surface area contributed by atoms with Crippen LogP contribution in [0.15, 0.2) is 57.1 Å². The molecule has 2 aliphatic heterocycles. The number of H-pyrrole nitrogens is 1. The molecule has 0 bridgehead atoms. The molecular formula is C26H23Cl2F3N4O2S. The molecule has 3 heterocycles. The summed E-state index contributed by atoms with van der Waals surface area (Å²) in [5.41, 5.74) is 0.175. The van der Waals surface area contributed by atoms with Crippen molar-refractivity contribution in [2.75, 3.05) is 38.1 Å². The molecule has 1 fully saturated rings. The Morgan fingerprint density at radius 1 is 0.974 bits per heavy atom. The molecule has 5 rings (SSSR count). The Balaban J connectivity index is 1.47. The highest BCUT2D eigenvalue weighted by atomic mass is 35.5. The molecule has 0 radical (unpaired) electrons. The highest BCUT2D eigenvalue weighted by Gasteiger charge is 2.36. The van der Waals surface area contributed by atoms with E-state index in [9.17, 15) is 22.8 Å². The normalized spacial score (nSPS) is 16.2. The number of fused-ring (bicyclic) bond motifs is 1. The number of nitrogens with zero attached hydrogens (tertiary/aromatic N) is 3. The van der Waals surface area contributed by atoms with Gasteiger partial charge in [0.25, 0.3) is 11.5 Å². The fourth-order valence-corrected chi connectivity index (χ4v) is 6.24. The van der Waals surface area contributed by atoms with Gasteiger partial charge in [0.05, 0.1) is 10.0 Å². The Morgan fingerprint density at radius 2 is 1.63 bits per heavy atom. The molecule has 1 N–H and O–H groups in total. The molecule has 0 aliphatic carbocycles. The van der Waals surface area contributed by atoms with E-state index in [0.29, 0.717) is 0 Å². The molecule has 3 aromatic rings. The zero-order valence-electron chi connectivity index (χ0n) is 20.2. The molecule has 0 unspecified atom stereocenters. The molecule has 200 valence electrons. The highest BCUT2D eigenvalue weighted by molar-refractivity contribution is 7.99. The summed E-state index contributed by atoms with van der Waals surface area (Å²) < 4.78 is 40.6. The quantitative estimate of drug-likeness (QED) is 0.424. The zero-order chi connectivity index (χ0) is 27.2. The number of hydrogen-bond acceptors (Lipinski definition) is 5. The SMILES string of the molecule is CN1CCN(c2ccc3c(c2)CN(C(=O)c2c(Sc4c(Cl)cccc4Cl)cc(C(F)(F)F)[nH]c2=O)C3)CC1. The first-order valence-corrected chi connectivity index (χ1v) is 13.4. The van der Waals surface area contributed by atoms with Gasteiger partial charge in [-0.15, -0.1) is 0 Å². The van der Waals surface area contributed by atoms with E-state index in [0.717, 1.165) is 60.8 Å². The van der Waals surface area contributed by atoms with E-state index in [1.807, 2.05) is 23.2 Å².